The average Bonchev–Trinajstić information content (AvgIpc) is 3.25. The van der Waals surface area contributed by atoms with E-state index in [9.17, 15) is 23.1 Å². The van der Waals surface area contributed by atoms with Gasteiger partial charge in [-0.1, -0.05) is 24.3 Å². The normalized spacial score (nSPS) is 16.0. The second kappa shape index (κ2) is 11.0. The lowest BCUT2D eigenvalue weighted by molar-refractivity contribution is -0.138. The number of guanidine groups is 1. The van der Waals surface area contributed by atoms with Crippen LogP contribution in [0.15, 0.2) is 64.5 Å². The Balaban J connectivity index is 1.56. The number of aliphatic imine (C=N–C) groups is 1. The van der Waals surface area contributed by atoms with Crippen molar-refractivity contribution in [2.24, 2.45) is 16.5 Å². The van der Waals surface area contributed by atoms with Gasteiger partial charge in [0.05, 0.1) is 22.7 Å². The standard InChI is InChI=1S/C22H26N6O6S/c1-13-3-2-4-17(9-13)35(32,33)28-19(21(30)31)12-25-20(29)11-16-10-18(27-34-16)14-5-7-15(8-6-14)26-22(23)24/h2-10,16,19,27-28H,11-12H2,1H3,(H,25,29)(H,30,31)(H4,23,24,26)/t16-,19?/m1/s1. The number of aryl methyl sites for hydroxylation is 1. The number of carbonyl (C=O) groups excluding carboxylic acids is 1. The second-order valence-electron chi connectivity index (χ2n) is 7.76. The molecule has 0 saturated heterocycles. The molecule has 0 fully saturated rings. The smallest absolute Gasteiger partial charge is 0.323 e. The van der Waals surface area contributed by atoms with Crippen LogP contribution < -0.4 is 27.0 Å². The lowest BCUT2D eigenvalue weighted by Gasteiger charge is -2.16. The van der Waals surface area contributed by atoms with Crippen LogP contribution in [-0.4, -0.2) is 50.1 Å². The Hall–Kier alpha value is -3.94. The van der Waals surface area contributed by atoms with E-state index in [1.807, 2.05) is 0 Å². The van der Waals surface area contributed by atoms with Gasteiger partial charge in [-0.05, 0) is 48.4 Å². The predicted molar refractivity (Wildman–Crippen MR) is 128 cm³/mol. The summed E-state index contributed by atoms with van der Waals surface area (Å²) in [5.74, 6) is -2.00. The molecule has 1 aliphatic rings. The van der Waals surface area contributed by atoms with Gasteiger partial charge in [0.1, 0.15) is 12.1 Å². The number of rotatable bonds is 10. The van der Waals surface area contributed by atoms with Crippen LogP contribution in [0.25, 0.3) is 5.70 Å². The molecule has 0 saturated carbocycles. The van der Waals surface area contributed by atoms with Crippen LogP contribution in [0, 0.1) is 6.92 Å². The lowest BCUT2D eigenvalue weighted by atomic mass is 10.1. The summed E-state index contributed by atoms with van der Waals surface area (Å²) in [5, 5.41) is 11.9. The Morgan fingerprint density at radius 3 is 2.54 bits per heavy atom. The SMILES string of the molecule is Cc1cccc(S(=O)(=O)NC(CNC(=O)C[C@H]2C=C(c3ccc(N=C(N)N)cc3)NO2)C(=O)O)c1. The van der Waals surface area contributed by atoms with Gasteiger partial charge in [0.25, 0.3) is 0 Å². The molecule has 0 spiro atoms. The van der Waals surface area contributed by atoms with E-state index in [2.05, 4.69) is 20.5 Å². The highest BCUT2D eigenvalue weighted by molar-refractivity contribution is 7.89. The number of carboxylic acid groups (broad SMARTS) is 1. The Labute approximate surface area is 202 Å². The quantitative estimate of drug-likeness (QED) is 0.192. The molecule has 8 N–H and O–H groups in total. The minimum Gasteiger partial charge on any atom is -0.480 e. The second-order valence-corrected chi connectivity index (χ2v) is 9.47. The third-order valence-electron chi connectivity index (χ3n) is 4.89. The third kappa shape index (κ3) is 7.27. The number of hydrogen-bond acceptors (Lipinski definition) is 7. The molecular weight excluding hydrogens is 476 g/mol. The van der Waals surface area contributed by atoms with Crippen molar-refractivity contribution in [3.8, 4) is 0 Å². The molecule has 1 unspecified atom stereocenters. The van der Waals surface area contributed by atoms with Crippen molar-refractivity contribution in [1.82, 2.24) is 15.5 Å². The molecule has 2 aromatic rings. The van der Waals surface area contributed by atoms with Gasteiger partial charge in [0.15, 0.2) is 5.96 Å². The monoisotopic (exact) mass is 502 g/mol. The zero-order valence-electron chi connectivity index (χ0n) is 18.8. The van der Waals surface area contributed by atoms with Crippen LogP contribution in [0.5, 0.6) is 0 Å². The summed E-state index contributed by atoms with van der Waals surface area (Å²) in [6.45, 7) is 1.28. The van der Waals surface area contributed by atoms with Crippen LogP contribution in [0.2, 0.25) is 0 Å². The largest absolute Gasteiger partial charge is 0.480 e. The summed E-state index contributed by atoms with van der Waals surface area (Å²) in [6, 6.07) is 11.4. The van der Waals surface area contributed by atoms with E-state index in [0.717, 1.165) is 5.56 Å². The van der Waals surface area contributed by atoms with E-state index in [-0.39, 0.29) is 17.3 Å². The Morgan fingerprint density at radius 2 is 1.91 bits per heavy atom. The first-order valence-corrected chi connectivity index (χ1v) is 11.9. The molecule has 35 heavy (non-hydrogen) atoms. The van der Waals surface area contributed by atoms with Gasteiger partial charge < -0.3 is 21.9 Å². The first kappa shape index (κ1) is 25.7. The van der Waals surface area contributed by atoms with Crippen LogP contribution in [0.3, 0.4) is 0 Å². The molecule has 2 aromatic carbocycles. The number of hydrogen-bond donors (Lipinski definition) is 6. The van der Waals surface area contributed by atoms with Crippen LogP contribution in [0.4, 0.5) is 5.69 Å². The maximum Gasteiger partial charge on any atom is 0.323 e. The minimum absolute atomic E-state index is 0.0570. The number of carbonyl (C=O) groups is 2. The number of hydroxylamine groups is 1. The van der Waals surface area contributed by atoms with Crippen molar-refractivity contribution < 1.29 is 28.0 Å². The van der Waals surface area contributed by atoms with Crippen molar-refractivity contribution in [2.75, 3.05) is 6.54 Å². The highest BCUT2D eigenvalue weighted by Crippen LogP contribution is 2.22. The van der Waals surface area contributed by atoms with E-state index in [0.29, 0.717) is 16.9 Å². The molecular formula is C22H26N6O6S. The number of nitrogens with one attached hydrogen (secondary N) is 3. The fourth-order valence-electron chi connectivity index (χ4n) is 3.20. The fourth-order valence-corrected chi connectivity index (χ4v) is 4.50. The molecule has 3 rings (SSSR count). The van der Waals surface area contributed by atoms with Crippen molar-refractivity contribution in [3.05, 3.63) is 65.7 Å². The molecule has 0 radical (unpaired) electrons. The Kier molecular flexibility index (Phi) is 8.06. The number of amides is 1. The Morgan fingerprint density at radius 1 is 1.20 bits per heavy atom. The number of benzene rings is 2. The first-order valence-electron chi connectivity index (χ1n) is 10.5. The van der Waals surface area contributed by atoms with E-state index < -0.39 is 40.6 Å². The highest BCUT2D eigenvalue weighted by atomic mass is 32.2. The molecule has 1 aliphatic heterocycles. The molecule has 0 aliphatic carbocycles. The van der Waals surface area contributed by atoms with Crippen molar-refractivity contribution in [3.63, 3.8) is 0 Å². The summed E-state index contributed by atoms with van der Waals surface area (Å²) in [7, 11) is -4.09. The van der Waals surface area contributed by atoms with E-state index in [1.165, 1.54) is 12.1 Å². The molecule has 2 atom stereocenters. The number of nitrogens with two attached hydrogens (primary N) is 2. The zero-order valence-corrected chi connectivity index (χ0v) is 19.6. The van der Waals surface area contributed by atoms with Crippen molar-refractivity contribution in [2.45, 2.75) is 30.4 Å². The molecule has 0 bridgehead atoms. The van der Waals surface area contributed by atoms with Crippen molar-refractivity contribution in [1.29, 1.82) is 0 Å². The van der Waals surface area contributed by atoms with Gasteiger partial charge >= 0.3 is 5.97 Å². The highest BCUT2D eigenvalue weighted by Gasteiger charge is 2.27. The number of sulfonamides is 1. The predicted octanol–water partition coefficient (Wildman–Crippen LogP) is 0.0822. The van der Waals surface area contributed by atoms with Crippen LogP contribution in [0.1, 0.15) is 17.5 Å². The molecule has 186 valence electrons. The van der Waals surface area contributed by atoms with E-state index in [1.54, 1.807) is 49.4 Å². The molecule has 1 amide bonds. The summed E-state index contributed by atoms with van der Waals surface area (Å²) >= 11 is 0. The van der Waals surface area contributed by atoms with Crippen LogP contribution in [-0.2, 0) is 24.4 Å². The van der Waals surface area contributed by atoms with Gasteiger partial charge in [0, 0.05) is 6.54 Å². The van der Waals surface area contributed by atoms with E-state index >= 15 is 0 Å². The number of carboxylic acids is 1. The number of nitrogens with zero attached hydrogens (tertiary/aromatic N) is 1. The maximum absolute atomic E-state index is 12.5. The fraction of sp³-hybridized carbons (Fsp3) is 0.227. The van der Waals surface area contributed by atoms with Crippen molar-refractivity contribution >= 4 is 39.2 Å². The molecule has 0 aromatic heterocycles. The maximum atomic E-state index is 12.5. The molecule has 1 heterocycles. The topological polar surface area (TPSA) is 198 Å². The minimum atomic E-state index is -4.09. The lowest BCUT2D eigenvalue weighted by Crippen LogP contribution is -2.48. The van der Waals surface area contributed by atoms with Crippen LogP contribution >= 0.6 is 0 Å². The molecule has 12 nitrogen and oxygen atoms in total. The first-order chi connectivity index (χ1) is 16.5. The van der Waals surface area contributed by atoms with Gasteiger partial charge in [0.2, 0.25) is 15.9 Å². The summed E-state index contributed by atoms with van der Waals surface area (Å²) in [6.07, 6.45) is 0.971. The van der Waals surface area contributed by atoms with Gasteiger partial charge in [-0.3, -0.25) is 19.9 Å². The summed E-state index contributed by atoms with van der Waals surface area (Å²) < 4.78 is 27.2. The van der Waals surface area contributed by atoms with Gasteiger partial charge in [-0.15, -0.1) is 0 Å². The average molecular weight is 503 g/mol. The Bertz CT molecular complexity index is 1260. The zero-order chi connectivity index (χ0) is 25.6. The summed E-state index contributed by atoms with van der Waals surface area (Å²) in [4.78, 5) is 33.2. The molecule has 13 heteroatoms. The third-order valence-corrected chi connectivity index (χ3v) is 6.36. The number of aliphatic carboxylic acids is 1. The summed E-state index contributed by atoms with van der Waals surface area (Å²) in [5.41, 5.74) is 16.1. The van der Waals surface area contributed by atoms with Gasteiger partial charge in [-0.2, -0.15) is 4.72 Å². The van der Waals surface area contributed by atoms with Gasteiger partial charge in [-0.25, -0.2) is 13.4 Å². The van der Waals surface area contributed by atoms with E-state index in [4.69, 9.17) is 16.3 Å².